The average molecular weight is 319 g/mol. The van der Waals surface area contributed by atoms with Crippen molar-refractivity contribution < 1.29 is 19.5 Å². The van der Waals surface area contributed by atoms with Crippen LogP contribution in [0.3, 0.4) is 0 Å². The molecular formula is C13H25N3O4S. The van der Waals surface area contributed by atoms with E-state index in [1.54, 1.807) is 7.05 Å². The van der Waals surface area contributed by atoms with Crippen molar-refractivity contribution in [2.75, 3.05) is 25.1 Å². The SMILES string of the molecule is CN[C@@H](CSCC(=O)NCCCC[C@H](N)C(C)=O)C(=O)O. The molecule has 0 saturated heterocycles. The fraction of sp³-hybridized carbons (Fsp3) is 0.769. The number of hydrogen-bond donors (Lipinski definition) is 4. The van der Waals surface area contributed by atoms with Crippen LogP contribution in [0.5, 0.6) is 0 Å². The normalized spacial score (nSPS) is 13.5. The molecule has 1 amide bonds. The number of aliphatic carboxylic acids is 1. The van der Waals surface area contributed by atoms with Crippen molar-refractivity contribution in [1.82, 2.24) is 10.6 Å². The number of rotatable bonds is 12. The lowest BCUT2D eigenvalue weighted by atomic mass is 10.1. The molecule has 0 bridgehead atoms. The highest BCUT2D eigenvalue weighted by molar-refractivity contribution is 8.00. The molecule has 8 heteroatoms. The second kappa shape index (κ2) is 11.5. The summed E-state index contributed by atoms with van der Waals surface area (Å²) < 4.78 is 0. The lowest BCUT2D eigenvalue weighted by molar-refractivity contribution is -0.138. The molecule has 5 N–H and O–H groups in total. The molecule has 2 atom stereocenters. The van der Waals surface area contributed by atoms with Crippen LogP contribution in [0, 0.1) is 0 Å². The smallest absolute Gasteiger partial charge is 0.321 e. The maximum atomic E-state index is 11.5. The van der Waals surface area contributed by atoms with Crippen LogP contribution in [-0.4, -0.2) is 59.9 Å². The minimum atomic E-state index is -0.924. The number of nitrogens with two attached hydrogens (primary N) is 1. The highest BCUT2D eigenvalue weighted by Crippen LogP contribution is 2.03. The van der Waals surface area contributed by atoms with Gasteiger partial charge in [-0.25, -0.2) is 0 Å². The van der Waals surface area contributed by atoms with E-state index in [1.807, 2.05) is 0 Å². The molecule has 0 heterocycles. The van der Waals surface area contributed by atoms with Gasteiger partial charge in [-0.1, -0.05) is 0 Å². The number of carbonyl (C=O) groups is 3. The highest BCUT2D eigenvalue weighted by atomic mass is 32.2. The number of likely N-dealkylation sites (N-methyl/N-ethyl adjacent to an activating group) is 1. The van der Waals surface area contributed by atoms with Gasteiger partial charge in [-0.05, 0) is 33.2 Å². The van der Waals surface area contributed by atoms with Crippen molar-refractivity contribution in [3.63, 3.8) is 0 Å². The fourth-order valence-electron chi connectivity index (χ4n) is 1.52. The van der Waals surface area contributed by atoms with Crippen LogP contribution in [0.2, 0.25) is 0 Å². The molecule has 0 rings (SSSR count). The summed E-state index contributed by atoms with van der Waals surface area (Å²) in [6.45, 7) is 2.01. The van der Waals surface area contributed by atoms with Gasteiger partial charge in [0.05, 0.1) is 11.8 Å². The Morgan fingerprint density at radius 1 is 1.29 bits per heavy atom. The standard InChI is InChI=1S/C13H25N3O4S/c1-9(17)10(14)5-3-4-6-16-12(18)8-21-7-11(15-2)13(19)20/h10-11,15H,3-8,14H2,1-2H3,(H,16,18)(H,19,20)/t10-,11-/m0/s1. The van der Waals surface area contributed by atoms with Gasteiger partial charge in [0, 0.05) is 12.3 Å². The summed E-state index contributed by atoms with van der Waals surface area (Å²) in [5.74, 6) is -0.484. The largest absolute Gasteiger partial charge is 0.480 e. The molecule has 0 aromatic rings. The molecule has 7 nitrogen and oxygen atoms in total. The quantitative estimate of drug-likeness (QED) is 0.361. The summed E-state index contributed by atoms with van der Waals surface area (Å²) in [4.78, 5) is 33.2. The molecule has 21 heavy (non-hydrogen) atoms. The zero-order valence-electron chi connectivity index (χ0n) is 12.6. The molecule has 0 aliphatic rings. The van der Waals surface area contributed by atoms with E-state index in [9.17, 15) is 14.4 Å². The Kier molecular flexibility index (Phi) is 10.9. The van der Waals surface area contributed by atoms with Crippen LogP contribution >= 0.6 is 11.8 Å². The Balaban J connectivity index is 3.59. The van der Waals surface area contributed by atoms with Gasteiger partial charge in [0.1, 0.15) is 11.8 Å². The molecule has 0 saturated carbocycles. The Bertz CT molecular complexity index is 352. The van der Waals surface area contributed by atoms with E-state index in [2.05, 4.69) is 10.6 Å². The predicted molar refractivity (Wildman–Crippen MR) is 83.3 cm³/mol. The first-order valence-corrected chi connectivity index (χ1v) is 8.04. The van der Waals surface area contributed by atoms with Crippen molar-refractivity contribution in [3.05, 3.63) is 0 Å². The van der Waals surface area contributed by atoms with Crippen molar-refractivity contribution >= 4 is 29.4 Å². The van der Waals surface area contributed by atoms with Gasteiger partial charge in [0.2, 0.25) is 5.91 Å². The van der Waals surface area contributed by atoms with Gasteiger partial charge in [0.25, 0.3) is 0 Å². The fourth-order valence-corrected chi connectivity index (χ4v) is 2.47. The molecule has 0 fully saturated rings. The van der Waals surface area contributed by atoms with Crippen LogP contribution in [0.4, 0.5) is 0 Å². The summed E-state index contributed by atoms with van der Waals surface area (Å²) in [6.07, 6.45) is 2.18. The number of thioether (sulfide) groups is 1. The Hall–Kier alpha value is -1.12. The van der Waals surface area contributed by atoms with Crippen molar-refractivity contribution in [3.8, 4) is 0 Å². The number of unbranched alkanes of at least 4 members (excludes halogenated alkanes) is 1. The molecule has 0 aromatic heterocycles. The van der Waals surface area contributed by atoms with Crippen molar-refractivity contribution in [2.24, 2.45) is 5.73 Å². The summed E-state index contributed by atoms with van der Waals surface area (Å²) in [5, 5.41) is 14.2. The lowest BCUT2D eigenvalue weighted by Gasteiger charge is -2.10. The molecule has 0 radical (unpaired) electrons. The molecular weight excluding hydrogens is 294 g/mol. The zero-order valence-corrected chi connectivity index (χ0v) is 13.4. The van der Waals surface area contributed by atoms with E-state index in [-0.39, 0.29) is 17.4 Å². The monoisotopic (exact) mass is 319 g/mol. The third-order valence-electron chi connectivity index (χ3n) is 2.95. The number of carboxylic acids is 1. The Labute approximate surface area is 129 Å². The van der Waals surface area contributed by atoms with Gasteiger partial charge in [-0.2, -0.15) is 0 Å². The highest BCUT2D eigenvalue weighted by Gasteiger charge is 2.15. The minimum Gasteiger partial charge on any atom is -0.480 e. The number of carboxylic acid groups (broad SMARTS) is 1. The molecule has 122 valence electrons. The Morgan fingerprint density at radius 2 is 1.95 bits per heavy atom. The number of hydrogen-bond acceptors (Lipinski definition) is 6. The van der Waals surface area contributed by atoms with Crippen LogP contribution < -0.4 is 16.4 Å². The van der Waals surface area contributed by atoms with Crippen LogP contribution in [0.25, 0.3) is 0 Å². The summed E-state index contributed by atoms with van der Waals surface area (Å²) in [7, 11) is 1.57. The van der Waals surface area contributed by atoms with E-state index in [4.69, 9.17) is 10.8 Å². The van der Waals surface area contributed by atoms with Gasteiger partial charge < -0.3 is 21.5 Å². The van der Waals surface area contributed by atoms with E-state index in [0.717, 1.165) is 12.8 Å². The number of carbonyl (C=O) groups excluding carboxylic acids is 2. The average Bonchev–Trinajstić information content (AvgIpc) is 2.42. The molecule has 0 aliphatic heterocycles. The first-order chi connectivity index (χ1) is 9.88. The molecule has 0 aromatic carbocycles. The van der Waals surface area contributed by atoms with Gasteiger partial charge >= 0.3 is 5.97 Å². The number of amides is 1. The van der Waals surface area contributed by atoms with Crippen molar-refractivity contribution in [2.45, 2.75) is 38.3 Å². The summed E-state index contributed by atoms with van der Waals surface area (Å²) in [5.41, 5.74) is 5.60. The third kappa shape index (κ3) is 10.3. The molecule has 0 spiro atoms. The van der Waals surface area contributed by atoms with Crippen LogP contribution in [-0.2, 0) is 14.4 Å². The number of Topliss-reactive ketones (excluding diaryl/α,β-unsaturated/α-hetero) is 1. The summed E-state index contributed by atoms with van der Waals surface area (Å²) in [6, 6.07) is -1.05. The zero-order chi connectivity index (χ0) is 16.3. The maximum Gasteiger partial charge on any atom is 0.321 e. The third-order valence-corrected chi connectivity index (χ3v) is 3.99. The van der Waals surface area contributed by atoms with E-state index < -0.39 is 18.1 Å². The van der Waals surface area contributed by atoms with E-state index >= 15 is 0 Å². The minimum absolute atomic E-state index is 0.0204. The second-order valence-corrected chi connectivity index (χ2v) is 5.79. The first-order valence-electron chi connectivity index (χ1n) is 6.89. The Morgan fingerprint density at radius 3 is 2.48 bits per heavy atom. The lowest BCUT2D eigenvalue weighted by Crippen LogP contribution is -2.36. The first kappa shape index (κ1) is 19.9. The van der Waals surface area contributed by atoms with Crippen LogP contribution in [0.15, 0.2) is 0 Å². The number of ketones is 1. The summed E-state index contributed by atoms with van der Waals surface area (Å²) >= 11 is 1.27. The topological polar surface area (TPSA) is 122 Å². The number of nitrogens with one attached hydrogen (secondary N) is 2. The maximum absolute atomic E-state index is 11.5. The van der Waals surface area contributed by atoms with Gasteiger partial charge in [0.15, 0.2) is 0 Å². The predicted octanol–water partition coefficient (Wildman–Crippen LogP) is -0.405. The van der Waals surface area contributed by atoms with E-state index in [0.29, 0.717) is 18.7 Å². The molecule has 0 aliphatic carbocycles. The van der Waals surface area contributed by atoms with Gasteiger partial charge in [-0.15, -0.1) is 11.8 Å². The van der Waals surface area contributed by atoms with E-state index in [1.165, 1.54) is 18.7 Å². The molecule has 0 unspecified atom stereocenters. The second-order valence-electron chi connectivity index (χ2n) is 4.76. The van der Waals surface area contributed by atoms with Crippen molar-refractivity contribution in [1.29, 1.82) is 0 Å². The van der Waals surface area contributed by atoms with Gasteiger partial charge in [-0.3, -0.25) is 14.4 Å². The van der Waals surface area contributed by atoms with Crippen LogP contribution in [0.1, 0.15) is 26.2 Å².